The SMILES string of the molecule is Cc1ccc(NC(=O)C2Cc3ccccc3S2)cc1F. The van der Waals surface area contributed by atoms with Crippen LogP contribution in [-0.4, -0.2) is 11.2 Å². The topological polar surface area (TPSA) is 29.1 Å². The Labute approximate surface area is 121 Å². The van der Waals surface area contributed by atoms with Gasteiger partial charge in [0.1, 0.15) is 5.82 Å². The fraction of sp³-hybridized carbons (Fsp3) is 0.188. The molecule has 0 radical (unpaired) electrons. The van der Waals surface area contributed by atoms with E-state index in [-0.39, 0.29) is 17.0 Å². The lowest BCUT2D eigenvalue weighted by molar-refractivity contribution is -0.115. The second-order valence-corrected chi connectivity index (χ2v) is 6.12. The van der Waals surface area contributed by atoms with Gasteiger partial charge in [-0.05, 0) is 42.7 Å². The molecule has 102 valence electrons. The fourth-order valence-corrected chi connectivity index (χ4v) is 3.42. The minimum absolute atomic E-state index is 0.0746. The number of halogens is 1. The van der Waals surface area contributed by atoms with Gasteiger partial charge in [0.2, 0.25) is 5.91 Å². The van der Waals surface area contributed by atoms with E-state index in [1.54, 1.807) is 30.8 Å². The predicted molar refractivity (Wildman–Crippen MR) is 79.6 cm³/mol. The molecule has 2 nitrogen and oxygen atoms in total. The number of aryl methyl sites for hydroxylation is 1. The van der Waals surface area contributed by atoms with E-state index in [1.807, 2.05) is 24.3 Å². The van der Waals surface area contributed by atoms with Gasteiger partial charge in [0, 0.05) is 10.6 Å². The van der Waals surface area contributed by atoms with Crippen molar-refractivity contribution < 1.29 is 9.18 Å². The molecule has 1 amide bonds. The van der Waals surface area contributed by atoms with Crippen molar-refractivity contribution >= 4 is 23.4 Å². The molecule has 2 aromatic rings. The van der Waals surface area contributed by atoms with E-state index in [4.69, 9.17) is 0 Å². The van der Waals surface area contributed by atoms with Crippen molar-refractivity contribution in [3.05, 3.63) is 59.4 Å². The summed E-state index contributed by atoms with van der Waals surface area (Å²) in [6, 6.07) is 12.8. The van der Waals surface area contributed by atoms with Gasteiger partial charge in [0.25, 0.3) is 0 Å². The number of rotatable bonds is 2. The standard InChI is InChI=1S/C16H14FNOS/c1-10-6-7-12(9-13(10)17)18-16(19)15-8-11-4-2-3-5-14(11)20-15/h2-7,9,15H,8H2,1H3,(H,18,19). The number of carbonyl (C=O) groups is 1. The molecule has 1 atom stereocenters. The van der Waals surface area contributed by atoms with Gasteiger partial charge in [-0.2, -0.15) is 0 Å². The normalized spacial score (nSPS) is 16.8. The Balaban J connectivity index is 1.71. The number of benzene rings is 2. The largest absolute Gasteiger partial charge is 0.325 e. The lowest BCUT2D eigenvalue weighted by Crippen LogP contribution is -2.24. The van der Waals surface area contributed by atoms with E-state index in [0.717, 1.165) is 11.3 Å². The molecular weight excluding hydrogens is 273 g/mol. The van der Waals surface area contributed by atoms with Crippen molar-refractivity contribution in [2.45, 2.75) is 23.5 Å². The number of hydrogen-bond donors (Lipinski definition) is 1. The van der Waals surface area contributed by atoms with Gasteiger partial charge in [-0.25, -0.2) is 4.39 Å². The van der Waals surface area contributed by atoms with Crippen LogP contribution >= 0.6 is 11.8 Å². The van der Waals surface area contributed by atoms with Crippen LogP contribution in [0.5, 0.6) is 0 Å². The van der Waals surface area contributed by atoms with E-state index in [9.17, 15) is 9.18 Å². The summed E-state index contributed by atoms with van der Waals surface area (Å²) in [4.78, 5) is 13.4. The van der Waals surface area contributed by atoms with Crippen LogP contribution in [0.2, 0.25) is 0 Å². The Morgan fingerprint density at radius 3 is 2.85 bits per heavy atom. The molecule has 0 aliphatic carbocycles. The average Bonchev–Trinajstić information content (AvgIpc) is 2.87. The van der Waals surface area contributed by atoms with Gasteiger partial charge < -0.3 is 5.32 Å². The fourth-order valence-electron chi connectivity index (χ4n) is 2.22. The van der Waals surface area contributed by atoms with E-state index in [0.29, 0.717) is 11.3 Å². The molecule has 20 heavy (non-hydrogen) atoms. The monoisotopic (exact) mass is 287 g/mol. The number of hydrogen-bond acceptors (Lipinski definition) is 2. The first-order valence-corrected chi connectivity index (χ1v) is 7.33. The molecule has 0 saturated carbocycles. The number of amides is 1. The zero-order valence-electron chi connectivity index (χ0n) is 11.0. The quantitative estimate of drug-likeness (QED) is 0.910. The molecule has 1 aliphatic heterocycles. The van der Waals surface area contributed by atoms with Crippen LogP contribution < -0.4 is 5.32 Å². The molecule has 0 fully saturated rings. The van der Waals surface area contributed by atoms with Crippen LogP contribution in [-0.2, 0) is 11.2 Å². The number of nitrogens with one attached hydrogen (secondary N) is 1. The predicted octanol–water partition coefficient (Wildman–Crippen LogP) is 3.79. The molecule has 0 bridgehead atoms. The zero-order chi connectivity index (χ0) is 14.1. The summed E-state index contributed by atoms with van der Waals surface area (Å²) in [6.07, 6.45) is 0.723. The Morgan fingerprint density at radius 1 is 1.30 bits per heavy atom. The number of carbonyl (C=O) groups excluding carboxylic acids is 1. The molecule has 1 aliphatic rings. The maximum absolute atomic E-state index is 13.5. The first-order chi connectivity index (χ1) is 9.63. The third kappa shape index (κ3) is 2.56. The highest BCUT2D eigenvalue weighted by atomic mass is 32.2. The summed E-state index contributed by atoms with van der Waals surface area (Å²) in [5, 5.41) is 2.65. The average molecular weight is 287 g/mol. The van der Waals surface area contributed by atoms with Crippen LogP contribution in [0.3, 0.4) is 0 Å². The molecule has 2 aromatic carbocycles. The summed E-state index contributed by atoms with van der Waals surface area (Å²) < 4.78 is 13.5. The molecule has 1 unspecified atom stereocenters. The van der Waals surface area contributed by atoms with Gasteiger partial charge in [-0.1, -0.05) is 24.3 Å². The van der Waals surface area contributed by atoms with Crippen LogP contribution in [0.25, 0.3) is 0 Å². The van der Waals surface area contributed by atoms with Crippen LogP contribution in [0.4, 0.5) is 10.1 Å². The molecule has 0 spiro atoms. The smallest absolute Gasteiger partial charge is 0.238 e. The maximum atomic E-state index is 13.5. The van der Waals surface area contributed by atoms with Gasteiger partial charge in [-0.3, -0.25) is 4.79 Å². The van der Waals surface area contributed by atoms with E-state index < -0.39 is 0 Å². The Morgan fingerprint density at radius 2 is 2.10 bits per heavy atom. The van der Waals surface area contributed by atoms with Crippen molar-refractivity contribution in [1.29, 1.82) is 0 Å². The Hall–Kier alpha value is -1.81. The van der Waals surface area contributed by atoms with Crippen molar-refractivity contribution in [3.63, 3.8) is 0 Å². The third-order valence-electron chi connectivity index (χ3n) is 3.38. The van der Waals surface area contributed by atoms with E-state index in [2.05, 4.69) is 5.32 Å². The number of thioether (sulfide) groups is 1. The van der Waals surface area contributed by atoms with Crippen molar-refractivity contribution in [1.82, 2.24) is 0 Å². The Bertz CT molecular complexity index is 646. The second kappa shape index (κ2) is 5.29. The van der Waals surface area contributed by atoms with Crippen molar-refractivity contribution in [3.8, 4) is 0 Å². The van der Waals surface area contributed by atoms with Crippen LogP contribution in [0.1, 0.15) is 11.1 Å². The van der Waals surface area contributed by atoms with E-state index >= 15 is 0 Å². The summed E-state index contributed by atoms with van der Waals surface area (Å²) >= 11 is 1.57. The number of fused-ring (bicyclic) bond motifs is 1. The minimum atomic E-state index is -0.301. The lowest BCUT2D eigenvalue weighted by Gasteiger charge is -2.10. The van der Waals surface area contributed by atoms with Gasteiger partial charge in [0.05, 0.1) is 5.25 Å². The highest BCUT2D eigenvalue weighted by Crippen LogP contribution is 2.37. The molecule has 4 heteroatoms. The van der Waals surface area contributed by atoms with Gasteiger partial charge in [-0.15, -0.1) is 11.8 Å². The molecule has 3 rings (SSSR count). The molecular formula is C16H14FNOS. The van der Waals surface area contributed by atoms with E-state index in [1.165, 1.54) is 11.6 Å². The van der Waals surface area contributed by atoms with Crippen molar-refractivity contribution in [2.24, 2.45) is 0 Å². The highest BCUT2D eigenvalue weighted by Gasteiger charge is 2.27. The van der Waals surface area contributed by atoms with Crippen LogP contribution in [0.15, 0.2) is 47.4 Å². The van der Waals surface area contributed by atoms with Crippen molar-refractivity contribution in [2.75, 3.05) is 5.32 Å². The third-order valence-corrected chi connectivity index (χ3v) is 4.70. The summed E-state index contributed by atoms with van der Waals surface area (Å²) in [7, 11) is 0. The highest BCUT2D eigenvalue weighted by molar-refractivity contribution is 8.01. The molecule has 0 aromatic heterocycles. The summed E-state index contributed by atoms with van der Waals surface area (Å²) in [5.74, 6) is -0.375. The second-order valence-electron chi connectivity index (χ2n) is 4.87. The lowest BCUT2D eigenvalue weighted by atomic mass is 10.1. The zero-order valence-corrected chi connectivity index (χ0v) is 11.8. The van der Waals surface area contributed by atoms with Gasteiger partial charge in [0.15, 0.2) is 0 Å². The first kappa shape index (κ1) is 13.2. The molecule has 1 N–H and O–H groups in total. The molecule has 1 heterocycles. The van der Waals surface area contributed by atoms with Crippen LogP contribution in [0, 0.1) is 12.7 Å². The molecule has 0 saturated heterocycles. The maximum Gasteiger partial charge on any atom is 0.238 e. The first-order valence-electron chi connectivity index (χ1n) is 6.45. The Kier molecular flexibility index (Phi) is 3.49. The van der Waals surface area contributed by atoms with Gasteiger partial charge >= 0.3 is 0 Å². The minimum Gasteiger partial charge on any atom is -0.325 e. The number of anilines is 1. The summed E-state index contributed by atoms with van der Waals surface area (Å²) in [6.45, 7) is 1.70. The summed E-state index contributed by atoms with van der Waals surface area (Å²) in [5.41, 5.74) is 2.29.